The lowest BCUT2D eigenvalue weighted by Gasteiger charge is -2.18. The van der Waals surface area contributed by atoms with Gasteiger partial charge in [0.1, 0.15) is 5.75 Å². The number of sulfonamides is 1. The van der Waals surface area contributed by atoms with Gasteiger partial charge in [0, 0.05) is 12.1 Å². The number of rotatable bonds is 7. The van der Waals surface area contributed by atoms with Crippen LogP contribution in [0.25, 0.3) is 0 Å². The number of carbonyl (C=O) groups excluding carboxylic acids is 1. The van der Waals surface area contributed by atoms with Crippen LogP contribution in [-0.2, 0) is 14.8 Å². The summed E-state index contributed by atoms with van der Waals surface area (Å²) in [4.78, 5) is 12.4. The van der Waals surface area contributed by atoms with Crippen LogP contribution >= 0.6 is 0 Å². The molecule has 0 aromatic heterocycles. The molecule has 26 heavy (non-hydrogen) atoms. The molecule has 0 aliphatic carbocycles. The van der Waals surface area contributed by atoms with Crippen molar-refractivity contribution in [3.63, 3.8) is 0 Å². The summed E-state index contributed by atoms with van der Waals surface area (Å²) in [6.07, 6.45) is 1.05. The topological polar surface area (TPSA) is 84.5 Å². The van der Waals surface area contributed by atoms with E-state index in [4.69, 9.17) is 4.74 Å². The summed E-state index contributed by atoms with van der Waals surface area (Å²) >= 11 is 0. The fourth-order valence-electron chi connectivity index (χ4n) is 2.54. The molecule has 140 valence electrons. The van der Waals surface area contributed by atoms with Crippen molar-refractivity contribution in [3.8, 4) is 5.75 Å². The predicted molar refractivity (Wildman–Crippen MR) is 103 cm³/mol. The second kappa shape index (κ2) is 8.33. The third kappa shape index (κ3) is 5.86. The second-order valence-electron chi connectivity index (χ2n) is 6.27. The van der Waals surface area contributed by atoms with Crippen LogP contribution < -0.4 is 14.8 Å². The molecule has 2 aromatic rings. The van der Waals surface area contributed by atoms with E-state index in [1.807, 2.05) is 32.0 Å². The van der Waals surface area contributed by atoms with E-state index in [9.17, 15) is 13.2 Å². The van der Waals surface area contributed by atoms with Gasteiger partial charge in [0.25, 0.3) is 0 Å². The van der Waals surface area contributed by atoms with Gasteiger partial charge in [-0.15, -0.1) is 0 Å². The first-order chi connectivity index (χ1) is 12.2. The summed E-state index contributed by atoms with van der Waals surface area (Å²) in [6.45, 7) is 3.97. The number of hydrogen-bond donors (Lipinski definition) is 2. The monoisotopic (exact) mass is 376 g/mol. The smallest absolute Gasteiger partial charge is 0.226 e. The minimum absolute atomic E-state index is 0.0215. The molecule has 0 heterocycles. The van der Waals surface area contributed by atoms with Gasteiger partial charge >= 0.3 is 0 Å². The maximum absolute atomic E-state index is 12.4. The number of benzene rings is 2. The van der Waals surface area contributed by atoms with Gasteiger partial charge in [0.05, 0.1) is 19.4 Å². The molecule has 1 atom stereocenters. The van der Waals surface area contributed by atoms with Crippen molar-refractivity contribution in [2.24, 2.45) is 0 Å². The number of carbonyl (C=O) groups is 1. The van der Waals surface area contributed by atoms with Gasteiger partial charge in [0.15, 0.2) is 0 Å². The van der Waals surface area contributed by atoms with E-state index in [2.05, 4.69) is 10.0 Å². The molecule has 0 saturated heterocycles. The number of aryl methyl sites for hydroxylation is 2. The summed E-state index contributed by atoms with van der Waals surface area (Å²) in [6, 6.07) is 11.9. The number of hydrogen-bond acceptors (Lipinski definition) is 4. The Hall–Kier alpha value is -2.38. The zero-order valence-corrected chi connectivity index (χ0v) is 16.2. The molecule has 2 aromatic carbocycles. The third-order valence-electron chi connectivity index (χ3n) is 4.05. The quantitative estimate of drug-likeness (QED) is 0.778. The van der Waals surface area contributed by atoms with Crippen LogP contribution in [-0.4, -0.2) is 27.7 Å². The fraction of sp³-hybridized carbons (Fsp3) is 0.316. The number of methoxy groups -OCH3 is 1. The number of nitrogens with one attached hydrogen (secondary N) is 2. The zero-order chi connectivity index (χ0) is 19.3. The van der Waals surface area contributed by atoms with Crippen LogP contribution in [0.2, 0.25) is 0 Å². The minimum atomic E-state index is -3.48. The maximum atomic E-state index is 12.4. The highest BCUT2D eigenvalue weighted by Crippen LogP contribution is 2.22. The van der Waals surface area contributed by atoms with Gasteiger partial charge in [-0.2, -0.15) is 0 Å². The normalized spacial score (nSPS) is 12.5. The van der Waals surface area contributed by atoms with Crippen molar-refractivity contribution in [3.05, 3.63) is 59.2 Å². The lowest BCUT2D eigenvalue weighted by Crippen LogP contribution is -2.30. The Morgan fingerprint density at radius 3 is 2.27 bits per heavy atom. The SMILES string of the molecule is COc1ccc([C@H](CC(=O)Nc2ccc(C)c(C)c2)NS(C)(=O)=O)cc1. The van der Waals surface area contributed by atoms with E-state index in [1.54, 1.807) is 31.4 Å². The Labute approximate surface area is 154 Å². The van der Waals surface area contributed by atoms with Crippen LogP contribution in [0.4, 0.5) is 5.69 Å². The molecule has 0 aliphatic rings. The highest BCUT2D eigenvalue weighted by Gasteiger charge is 2.20. The van der Waals surface area contributed by atoms with Crippen LogP contribution in [0.15, 0.2) is 42.5 Å². The molecule has 2 N–H and O–H groups in total. The molecule has 7 heteroatoms. The molecule has 0 spiro atoms. The van der Waals surface area contributed by atoms with E-state index in [-0.39, 0.29) is 12.3 Å². The van der Waals surface area contributed by atoms with Crippen LogP contribution in [0.3, 0.4) is 0 Å². The third-order valence-corrected chi connectivity index (χ3v) is 4.77. The summed E-state index contributed by atoms with van der Waals surface area (Å²) in [7, 11) is -1.93. The Balaban J connectivity index is 2.16. The van der Waals surface area contributed by atoms with E-state index < -0.39 is 16.1 Å². The molecule has 0 aliphatic heterocycles. The summed E-state index contributed by atoms with van der Waals surface area (Å²) in [5.74, 6) is 0.386. The lowest BCUT2D eigenvalue weighted by atomic mass is 10.0. The molecule has 0 fully saturated rings. The van der Waals surface area contributed by atoms with Gasteiger partial charge in [-0.3, -0.25) is 4.79 Å². The average Bonchev–Trinajstić information content (AvgIpc) is 2.56. The number of amides is 1. The molecular formula is C19H24N2O4S. The molecule has 2 rings (SSSR count). The van der Waals surface area contributed by atoms with Crippen LogP contribution in [0, 0.1) is 13.8 Å². The minimum Gasteiger partial charge on any atom is -0.497 e. The van der Waals surface area contributed by atoms with Crippen molar-refractivity contribution in [1.29, 1.82) is 0 Å². The predicted octanol–water partition coefficient (Wildman–Crippen LogP) is 2.93. The highest BCUT2D eigenvalue weighted by molar-refractivity contribution is 7.88. The fourth-order valence-corrected chi connectivity index (χ4v) is 3.28. The van der Waals surface area contributed by atoms with Crippen molar-refractivity contribution in [1.82, 2.24) is 4.72 Å². The first-order valence-electron chi connectivity index (χ1n) is 8.16. The Morgan fingerprint density at radius 1 is 1.08 bits per heavy atom. The molecule has 1 amide bonds. The van der Waals surface area contributed by atoms with Crippen molar-refractivity contribution in [2.75, 3.05) is 18.7 Å². The largest absolute Gasteiger partial charge is 0.497 e. The van der Waals surface area contributed by atoms with Crippen molar-refractivity contribution >= 4 is 21.6 Å². The van der Waals surface area contributed by atoms with E-state index in [0.29, 0.717) is 17.0 Å². The van der Waals surface area contributed by atoms with E-state index >= 15 is 0 Å². The molecule has 0 bridgehead atoms. The second-order valence-corrected chi connectivity index (χ2v) is 8.05. The first-order valence-corrected chi connectivity index (χ1v) is 10.1. The summed E-state index contributed by atoms with van der Waals surface area (Å²) in [5.41, 5.74) is 3.58. The zero-order valence-electron chi connectivity index (χ0n) is 15.4. The highest BCUT2D eigenvalue weighted by atomic mass is 32.2. The number of anilines is 1. The Morgan fingerprint density at radius 2 is 1.73 bits per heavy atom. The van der Waals surface area contributed by atoms with Gasteiger partial charge in [-0.05, 0) is 54.8 Å². The van der Waals surface area contributed by atoms with Gasteiger partial charge in [0.2, 0.25) is 15.9 Å². The van der Waals surface area contributed by atoms with Crippen molar-refractivity contribution < 1.29 is 17.9 Å². The Kier molecular flexibility index (Phi) is 6.39. The van der Waals surface area contributed by atoms with E-state index in [0.717, 1.165) is 17.4 Å². The van der Waals surface area contributed by atoms with Gasteiger partial charge in [-0.25, -0.2) is 13.1 Å². The maximum Gasteiger partial charge on any atom is 0.226 e. The Bertz CT molecular complexity index is 877. The standard InChI is InChI=1S/C19H24N2O4S/c1-13-5-8-16(11-14(13)2)20-19(22)12-18(21-26(4,23)24)15-6-9-17(25-3)10-7-15/h5-11,18,21H,12H2,1-4H3,(H,20,22)/t18-/m0/s1. The van der Waals surface area contributed by atoms with Crippen LogP contribution in [0.1, 0.15) is 29.2 Å². The lowest BCUT2D eigenvalue weighted by molar-refractivity contribution is -0.116. The van der Waals surface area contributed by atoms with Crippen LogP contribution in [0.5, 0.6) is 5.75 Å². The molecule has 6 nitrogen and oxygen atoms in total. The molecular weight excluding hydrogens is 352 g/mol. The van der Waals surface area contributed by atoms with Gasteiger partial charge < -0.3 is 10.1 Å². The average molecular weight is 376 g/mol. The molecule has 0 saturated carbocycles. The molecule has 0 unspecified atom stereocenters. The number of ether oxygens (including phenoxy) is 1. The van der Waals surface area contributed by atoms with E-state index in [1.165, 1.54) is 0 Å². The summed E-state index contributed by atoms with van der Waals surface area (Å²) < 4.78 is 31.0. The van der Waals surface area contributed by atoms with Gasteiger partial charge in [-0.1, -0.05) is 18.2 Å². The first kappa shape index (κ1) is 19.9. The summed E-state index contributed by atoms with van der Waals surface area (Å²) in [5, 5.41) is 2.82. The molecule has 0 radical (unpaired) electrons. The van der Waals surface area contributed by atoms with Crippen molar-refractivity contribution in [2.45, 2.75) is 26.3 Å².